The van der Waals surface area contributed by atoms with E-state index in [1.54, 1.807) is 30.3 Å². The number of hydrogen-bond acceptors (Lipinski definition) is 9. The Morgan fingerprint density at radius 2 is 1.75 bits per heavy atom. The SMILES string of the molecule is COc1cc([C@H]2C3=CC[C@@H]4C(=O)N(CCCCCC(=O)O)C(=O)[C@@H]4[C@@H]3C[C@H]3C(=O)N(Nc4ncc(C(F)(F)F)cc4Cl)C(=O)[C@@]23c2ccc(Cl)cc2)cc(Br)c1O. The minimum absolute atomic E-state index is 0.0345. The molecule has 1 saturated carbocycles. The number of aromatic hydroxyl groups is 1. The third-order valence-corrected chi connectivity index (χ3v) is 12.7. The highest BCUT2D eigenvalue weighted by Crippen LogP contribution is 2.64. The van der Waals surface area contributed by atoms with E-state index in [0.717, 1.165) is 0 Å². The number of methoxy groups -OCH3 is 1. The largest absolute Gasteiger partial charge is 0.503 e. The van der Waals surface area contributed by atoms with Crippen molar-refractivity contribution in [2.45, 2.75) is 56.0 Å². The number of likely N-dealkylation sites (tertiary alicyclic amines) is 1. The molecule has 3 N–H and O–H groups in total. The van der Waals surface area contributed by atoms with Crippen LogP contribution in [-0.2, 0) is 35.6 Å². The number of hydrogen-bond donors (Lipinski definition) is 3. The molecule has 2 aliphatic carbocycles. The molecular weight excluding hydrogens is 860 g/mol. The van der Waals surface area contributed by atoms with Crippen LogP contribution in [0.15, 0.2) is 64.8 Å². The third kappa shape index (κ3) is 6.82. The molecule has 2 aliphatic heterocycles. The summed E-state index contributed by atoms with van der Waals surface area (Å²) in [7, 11) is 1.34. The number of aliphatic carboxylic acids is 1. The maximum atomic E-state index is 15.3. The summed E-state index contributed by atoms with van der Waals surface area (Å²) in [6, 6.07) is 10.1. The van der Waals surface area contributed by atoms with E-state index in [4.69, 9.17) is 33.0 Å². The molecule has 4 amide bonds. The minimum atomic E-state index is -4.77. The summed E-state index contributed by atoms with van der Waals surface area (Å²) < 4.78 is 46.2. The monoisotopic (exact) mass is 892 g/mol. The second-order valence-corrected chi connectivity index (χ2v) is 16.2. The third-order valence-electron chi connectivity index (χ3n) is 11.5. The number of halogens is 6. The number of phenols is 1. The van der Waals surface area contributed by atoms with Gasteiger partial charge in [-0.25, -0.2) is 4.98 Å². The molecule has 7 rings (SSSR count). The number of unbranched alkanes of at least 4 members (excludes halogenated alkanes) is 2. The van der Waals surface area contributed by atoms with Gasteiger partial charge in [-0.3, -0.25) is 34.3 Å². The van der Waals surface area contributed by atoms with Gasteiger partial charge in [0, 0.05) is 30.1 Å². The quantitative estimate of drug-likeness (QED) is 0.0997. The van der Waals surface area contributed by atoms with Gasteiger partial charge in [0.15, 0.2) is 17.3 Å². The van der Waals surface area contributed by atoms with Crippen molar-refractivity contribution in [3.05, 3.63) is 91.5 Å². The van der Waals surface area contributed by atoms with Crippen LogP contribution in [0.25, 0.3) is 0 Å². The van der Waals surface area contributed by atoms with Crippen LogP contribution in [0.2, 0.25) is 10.0 Å². The van der Waals surface area contributed by atoms with E-state index in [2.05, 4.69) is 26.3 Å². The Balaban J connectivity index is 1.37. The number of fused-ring (bicyclic) bond motifs is 4. The van der Waals surface area contributed by atoms with Gasteiger partial charge in [0.25, 0.3) is 11.8 Å². The number of carbonyl (C=O) groups excluding carboxylic acids is 4. The number of hydrazine groups is 1. The Labute approximate surface area is 342 Å². The fourth-order valence-corrected chi connectivity index (χ4v) is 9.88. The number of imide groups is 2. The van der Waals surface area contributed by atoms with Gasteiger partial charge in [0.1, 0.15) is 0 Å². The van der Waals surface area contributed by atoms with Crippen molar-refractivity contribution in [1.82, 2.24) is 14.9 Å². The number of anilines is 1. The van der Waals surface area contributed by atoms with Crippen molar-refractivity contribution in [3.8, 4) is 11.5 Å². The van der Waals surface area contributed by atoms with Crippen LogP contribution in [0, 0.1) is 23.7 Å². The zero-order valence-corrected chi connectivity index (χ0v) is 33.1. The van der Waals surface area contributed by atoms with E-state index in [1.807, 2.05) is 6.08 Å². The highest BCUT2D eigenvalue weighted by molar-refractivity contribution is 9.10. The summed E-state index contributed by atoms with van der Waals surface area (Å²) in [6.45, 7) is 0.0893. The number of aromatic nitrogens is 1. The number of nitrogens with one attached hydrogen (secondary N) is 1. The lowest BCUT2D eigenvalue weighted by Crippen LogP contribution is -2.53. The Bertz CT molecular complexity index is 2220. The average molecular weight is 895 g/mol. The maximum absolute atomic E-state index is 15.3. The van der Waals surface area contributed by atoms with E-state index in [0.29, 0.717) is 58.3 Å². The number of ether oxygens (including phenoxy) is 1. The zero-order chi connectivity index (χ0) is 41.1. The predicted molar refractivity (Wildman–Crippen MR) is 202 cm³/mol. The number of carboxylic acid groups (broad SMARTS) is 1. The van der Waals surface area contributed by atoms with Gasteiger partial charge >= 0.3 is 12.1 Å². The van der Waals surface area contributed by atoms with E-state index in [9.17, 15) is 37.5 Å². The normalized spacial score (nSPS) is 25.6. The number of carboxylic acids is 1. The van der Waals surface area contributed by atoms with Crippen molar-refractivity contribution in [3.63, 3.8) is 0 Å². The van der Waals surface area contributed by atoms with Crippen LogP contribution < -0.4 is 10.2 Å². The van der Waals surface area contributed by atoms with Crippen LogP contribution in [0.5, 0.6) is 11.5 Å². The lowest BCUT2D eigenvalue weighted by atomic mass is 9.49. The fraction of sp³-hybridized carbons (Fsp3) is 0.385. The highest BCUT2D eigenvalue weighted by Gasteiger charge is 2.70. The number of allylic oxidation sites excluding steroid dienone is 2. The fourth-order valence-electron chi connectivity index (χ4n) is 9.08. The molecule has 2 saturated heterocycles. The number of amides is 4. The number of nitrogens with zero attached hydrogens (tertiary/aromatic N) is 3. The van der Waals surface area contributed by atoms with Gasteiger partial charge in [-0.15, -0.1) is 0 Å². The van der Waals surface area contributed by atoms with E-state index in [1.165, 1.54) is 18.1 Å². The molecule has 3 heterocycles. The molecule has 3 fully saturated rings. The first kappa shape index (κ1) is 40.5. The lowest BCUT2D eigenvalue weighted by molar-refractivity contribution is -0.141. The van der Waals surface area contributed by atoms with Gasteiger partial charge < -0.3 is 14.9 Å². The molecule has 18 heteroatoms. The molecule has 0 radical (unpaired) electrons. The highest BCUT2D eigenvalue weighted by atomic mass is 79.9. The van der Waals surface area contributed by atoms with Crippen molar-refractivity contribution in [2.24, 2.45) is 23.7 Å². The number of alkyl halides is 3. The molecule has 1 aromatic heterocycles. The van der Waals surface area contributed by atoms with Crippen LogP contribution in [0.4, 0.5) is 19.0 Å². The lowest BCUT2D eigenvalue weighted by Gasteiger charge is -2.50. The van der Waals surface area contributed by atoms with Crippen LogP contribution in [-0.4, -0.2) is 68.4 Å². The Hall–Kier alpha value is -4.67. The number of phenolic OH excluding ortho intramolecular Hbond substituents is 1. The molecule has 6 atom stereocenters. The van der Waals surface area contributed by atoms with Gasteiger partial charge in [0.05, 0.1) is 45.3 Å². The number of rotatable bonds is 11. The molecule has 2 aromatic carbocycles. The summed E-state index contributed by atoms with van der Waals surface area (Å²) in [5, 5.41) is 20.4. The predicted octanol–water partition coefficient (Wildman–Crippen LogP) is 7.51. The average Bonchev–Trinajstić information content (AvgIpc) is 3.53. The van der Waals surface area contributed by atoms with E-state index < -0.39 is 81.3 Å². The van der Waals surface area contributed by atoms with E-state index in [-0.39, 0.29) is 47.7 Å². The van der Waals surface area contributed by atoms with Crippen molar-refractivity contribution in [2.75, 3.05) is 19.1 Å². The molecule has 0 unspecified atom stereocenters. The summed E-state index contributed by atoms with van der Waals surface area (Å²) in [6.07, 6.45) is -1.15. The van der Waals surface area contributed by atoms with Crippen LogP contribution in [0.1, 0.15) is 61.1 Å². The van der Waals surface area contributed by atoms with E-state index >= 15 is 4.79 Å². The second kappa shape index (κ2) is 15.3. The Kier molecular flexibility index (Phi) is 10.8. The van der Waals surface area contributed by atoms with Crippen LogP contribution in [0.3, 0.4) is 0 Å². The summed E-state index contributed by atoms with van der Waals surface area (Å²) >= 11 is 16.0. The number of benzene rings is 2. The molecular formula is C39H34BrCl2F3N4O8. The number of carbonyl (C=O) groups is 5. The first-order valence-electron chi connectivity index (χ1n) is 18.0. The van der Waals surface area contributed by atoms with Crippen molar-refractivity contribution in [1.29, 1.82) is 0 Å². The van der Waals surface area contributed by atoms with Crippen LogP contribution >= 0.6 is 39.1 Å². The molecule has 0 spiro atoms. The van der Waals surface area contributed by atoms with Gasteiger partial charge in [-0.2, -0.15) is 18.2 Å². The smallest absolute Gasteiger partial charge is 0.417 e. The molecule has 0 bridgehead atoms. The first-order chi connectivity index (χ1) is 27.0. The number of pyridine rings is 1. The molecule has 4 aliphatic rings. The van der Waals surface area contributed by atoms with Gasteiger partial charge in [-0.05, 0) is 89.0 Å². The summed E-state index contributed by atoms with van der Waals surface area (Å²) in [4.78, 5) is 74.4. The summed E-state index contributed by atoms with van der Waals surface area (Å²) in [5.41, 5.74) is 1.02. The Morgan fingerprint density at radius 1 is 1.04 bits per heavy atom. The maximum Gasteiger partial charge on any atom is 0.417 e. The van der Waals surface area contributed by atoms with Gasteiger partial charge in [0.2, 0.25) is 11.8 Å². The summed E-state index contributed by atoms with van der Waals surface area (Å²) in [5.74, 6) is -8.61. The van der Waals surface area contributed by atoms with Crippen molar-refractivity contribution >= 4 is 74.5 Å². The standard InChI is InChI=1S/C39H34BrCl2F3N4O8/c1-57-28-14-18(13-26(40)32(28)52)31-22-10-11-23-30(36(55)48(34(23)53)12-4-2-3-5-29(50)51)24(22)16-25-35(54)49(37(56)38(25,31)19-6-8-21(41)9-7-19)47-33-27(42)15-20(17-46-33)39(43,44)45/h6-10,13-15,17,23-25,30-31,52H,2-5,11-12,16H2,1H3,(H,46,47)(H,50,51)/t23-,24+,25-,30-,31-,38+/m0/s1. The van der Waals surface area contributed by atoms with Gasteiger partial charge in [-0.1, -0.05) is 53.4 Å². The minimum Gasteiger partial charge on any atom is -0.503 e. The molecule has 12 nitrogen and oxygen atoms in total. The molecule has 3 aromatic rings. The topological polar surface area (TPSA) is 166 Å². The zero-order valence-electron chi connectivity index (χ0n) is 30.0. The van der Waals surface area contributed by atoms with Crippen molar-refractivity contribution < 1.29 is 52.1 Å². The molecule has 300 valence electrons. The first-order valence-corrected chi connectivity index (χ1v) is 19.5. The molecule has 57 heavy (non-hydrogen) atoms. The Morgan fingerprint density at radius 3 is 2.40 bits per heavy atom. The second-order valence-electron chi connectivity index (χ2n) is 14.5.